The molecule has 0 unspecified atom stereocenters. The number of aromatic nitrogens is 2. The molecule has 1 heterocycles. The van der Waals surface area contributed by atoms with Gasteiger partial charge < -0.3 is 5.32 Å². The summed E-state index contributed by atoms with van der Waals surface area (Å²) in [6.45, 7) is 5.96. The van der Waals surface area contributed by atoms with Crippen molar-refractivity contribution in [2.75, 3.05) is 0 Å². The van der Waals surface area contributed by atoms with Gasteiger partial charge in [-0.1, -0.05) is 19.1 Å². The van der Waals surface area contributed by atoms with Crippen LogP contribution in [0.2, 0.25) is 0 Å². The van der Waals surface area contributed by atoms with E-state index in [0.29, 0.717) is 5.92 Å². The van der Waals surface area contributed by atoms with Crippen LogP contribution >= 0.6 is 0 Å². The Morgan fingerprint density at radius 2 is 2.29 bits per heavy atom. The molecule has 1 aliphatic rings. The maximum atomic E-state index is 13.9. The molecule has 3 nitrogen and oxygen atoms in total. The number of hydrogen-bond acceptors (Lipinski definition) is 2. The van der Waals surface area contributed by atoms with E-state index in [9.17, 15) is 4.39 Å². The molecule has 3 rings (SSSR count). The van der Waals surface area contributed by atoms with E-state index in [2.05, 4.69) is 36.5 Å². The van der Waals surface area contributed by atoms with Crippen molar-refractivity contribution in [2.24, 2.45) is 5.92 Å². The van der Waals surface area contributed by atoms with E-state index in [1.807, 2.05) is 16.9 Å². The van der Waals surface area contributed by atoms with Gasteiger partial charge in [-0.05, 0) is 42.9 Å². The van der Waals surface area contributed by atoms with Crippen LogP contribution in [0.1, 0.15) is 43.0 Å². The molecule has 0 spiro atoms. The molecule has 0 fully saturated rings. The van der Waals surface area contributed by atoms with Crippen LogP contribution in [0.3, 0.4) is 0 Å². The van der Waals surface area contributed by atoms with Crippen molar-refractivity contribution in [1.82, 2.24) is 15.1 Å². The summed E-state index contributed by atoms with van der Waals surface area (Å²) < 4.78 is 15.9. The molecular weight excluding hydrogens is 265 g/mol. The summed E-state index contributed by atoms with van der Waals surface area (Å²) in [5.74, 6) is 0.450. The van der Waals surface area contributed by atoms with E-state index in [0.717, 1.165) is 37.1 Å². The molecule has 1 aromatic carbocycles. The number of fused-ring (bicyclic) bond motifs is 1. The van der Waals surface area contributed by atoms with Gasteiger partial charge in [0.15, 0.2) is 0 Å². The average molecular weight is 287 g/mol. The summed E-state index contributed by atoms with van der Waals surface area (Å²) in [4.78, 5) is 0. The Labute approximate surface area is 125 Å². The van der Waals surface area contributed by atoms with Crippen molar-refractivity contribution in [3.05, 3.63) is 53.1 Å². The highest BCUT2D eigenvalue weighted by atomic mass is 19.1. The van der Waals surface area contributed by atoms with E-state index in [-0.39, 0.29) is 11.9 Å². The fraction of sp³-hybridized carbons (Fsp3) is 0.471. The summed E-state index contributed by atoms with van der Waals surface area (Å²) in [6, 6.07) is 5.66. The highest BCUT2D eigenvalue weighted by Crippen LogP contribution is 2.35. The average Bonchev–Trinajstić information content (AvgIpc) is 2.94. The largest absolute Gasteiger partial charge is 0.305 e. The first-order valence-electron chi connectivity index (χ1n) is 7.71. The first-order valence-corrected chi connectivity index (χ1v) is 7.71. The number of halogens is 1. The predicted molar refractivity (Wildman–Crippen MR) is 81.4 cm³/mol. The normalized spacial score (nSPS) is 21.3. The first kappa shape index (κ1) is 14.3. The molecule has 2 aromatic rings. The van der Waals surface area contributed by atoms with Gasteiger partial charge >= 0.3 is 0 Å². The van der Waals surface area contributed by atoms with Crippen LogP contribution in [-0.4, -0.2) is 9.78 Å². The van der Waals surface area contributed by atoms with Crippen molar-refractivity contribution in [3.8, 4) is 0 Å². The van der Waals surface area contributed by atoms with Crippen LogP contribution in [-0.2, 0) is 19.5 Å². The third-order valence-electron chi connectivity index (χ3n) is 4.45. The van der Waals surface area contributed by atoms with E-state index in [1.54, 1.807) is 6.07 Å². The van der Waals surface area contributed by atoms with E-state index in [4.69, 9.17) is 0 Å². The van der Waals surface area contributed by atoms with Gasteiger partial charge in [0.25, 0.3) is 0 Å². The van der Waals surface area contributed by atoms with Crippen molar-refractivity contribution in [2.45, 2.75) is 45.8 Å². The van der Waals surface area contributed by atoms with Crippen LogP contribution < -0.4 is 5.32 Å². The second-order valence-corrected chi connectivity index (χ2v) is 5.89. The second kappa shape index (κ2) is 5.98. The van der Waals surface area contributed by atoms with E-state index >= 15 is 0 Å². The van der Waals surface area contributed by atoms with Gasteiger partial charge in [-0.15, -0.1) is 0 Å². The van der Waals surface area contributed by atoms with Gasteiger partial charge in [-0.2, -0.15) is 5.10 Å². The van der Waals surface area contributed by atoms with Crippen LogP contribution in [0.25, 0.3) is 0 Å². The fourth-order valence-corrected chi connectivity index (χ4v) is 3.19. The minimum atomic E-state index is -0.0648. The Balaban J connectivity index is 1.77. The summed E-state index contributed by atoms with van der Waals surface area (Å²) >= 11 is 0. The van der Waals surface area contributed by atoms with Gasteiger partial charge in [0.1, 0.15) is 5.82 Å². The topological polar surface area (TPSA) is 29.9 Å². The van der Waals surface area contributed by atoms with Crippen molar-refractivity contribution < 1.29 is 4.39 Å². The van der Waals surface area contributed by atoms with Crippen molar-refractivity contribution in [1.29, 1.82) is 0 Å². The Hall–Kier alpha value is -1.68. The highest BCUT2D eigenvalue weighted by molar-refractivity contribution is 5.34. The molecule has 4 heteroatoms. The van der Waals surface area contributed by atoms with Gasteiger partial charge in [0.2, 0.25) is 0 Å². The van der Waals surface area contributed by atoms with Gasteiger partial charge in [-0.25, -0.2) is 4.39 Å². The Morgan fingerprint density at radius 3 is 3.05 bits per heavy atom. The molecule has 0 saturated heterocycles. The molecular formula is C17H22FN3. The number of rotatable bonds is 4. The maximum Gasteiger partial charge on any atom is 0.126 e. The fourth-order valence-electron chi connectivity index (χ4n) is 3.19. The lowest BCUT2D eigenvalue weighted by molar-refractivity contribution is 0.338. The number of benzene rings is 1. The number of nitrogens with one attached hydrogen (secondary N) is 1. The lowest BCUT2D eigenvalue weighted by atomic mass is 9.80. The molecule has 21 heavy (non-hydrogen) atoms. The number of nitrogens with zero attached hydrogens (tertiary/aromatic N) is 2. The van der Waals surface area contributed by atoms with Gasteiger partial charge in [0, 0.05) is 30.9 Å². The third-order valence-corrected chi connectivity index (χ3v) is 4.45. The molecule has 112 valence electrons. The molecule has 0 bridgehead atoms. The molecule has 1 aromatic heterocycles. The quantitative estimate of drug-likeness (QED) is 0.933. The highest BCUT2D eigenvalue weighted by Gasteiger charge is 2.27. The summed E-state index contributed by atoms with van der Waals surface area (Å²) in [7, 11) is 0. The number of hydrogen-bond donors (Lipinski definition) is 1. The van der Waals surface area contributed by atoms with Gasteiger partial charge in [-0.3, -0.25) is 4.68 Å². The van der Waals surface area contributed by atoms with Crippen LogP contribution in [0, 0.1) is 11.7 Å². The molecule has 1 aliphatic carbocycles. The Kier molecular flexibility index (Phi) is 4.06. The zero-order valence-corrected chi connectivity index (χ0v) is 12.6. The standard InChI is InChI=1S/C17H22FN3/c1-3-21-11-13(10-20-21)9-19-17-12(2)7-8-14-15(17)5-4-6-16(14)18/h4-6,10-12,17,19H,3,7-9H2,1-2H3/t12-,17+/m1/s1. The molecule has 0 saturated carbocycles. The maximum absolute atomic E-state index is 13.9. The lowest BCUT2D eigenvalue weighted by Gasteiger charge is -2.32. The first-order chi connectivity index (χ1) is 10.2. The minimum absolute atomic E-state index is 0.0648. The molecule has 0 amide bonds. The summed E-state index contributed by atoms with van der Waals surface area (Å²) in [5.41, 5.74) is 3.18. The van der Waals surface area contributed by atoms with Crippen LogP contribution in [0.5, 0.6) is 0 Å². The van der Waals surface area contributed by atoms with Crippen molar-refractivity contribution >= 4 is 0 Å². The Bertz CT molecular complexity index is 620. The third kappa shape index (κ3) is 2.86. The van der Waals surface area contributed by atoms with Gasteiger partial charge in [0.05, 0.1) is 6.20 Å². The van der Waals surface area contributed by atoms with Crippen LogP contribution in [0.4, 0.5) is 4.39 Å². The summed E-state index contributed by atoms with van der Waals surface area (Å²) in [6.07, 6.45) is 5.83. The Morgan fingerprint density at radius 1 is 1.43 bits per heavy atom. The van der Waals surface area contributed by atoms with Crippen LogP contribution in [0.15, 0.2) is 30.6 Å². The molecule has 0 aliphatic heterocycles. The lowest BCUT2D eigenvalue weighted by Crippen LogP contribution is -2.31. The van der Waals surface area contributed by atoms with E-state index < -0.39 is 0 Å². The smallest absolute Gasteiger partial charge is 0.126 e. The predicted octanol–water partition coefficient (Wildman–Crippen LogP) is 3.46. The molecule has 1 N–H and O–H groups in total. The zero-order chi connectivity index (χ0) is 14.8. The van der Waals surface area contributed by atoms with E-state index in [1.165, 1.54) is 5.56 Å². The van der Waals surface area contributed by atoms with Crippen molar-refractivity contribution in [3.63, 3.8) is 0 Å². The second-order valence-electron chi connectivity index (χ2n) is 5.89. The monoisotopic (exact) mass is 287 g/mol. The summed E-state index contributed by atoms with van der Waals surface area (Å²) in [5, 5.41) is 7.88. The number of aryl methyl sites for hydroxylation is 1. The minimum Gasteiger partial charge on any atom is -0.305 e. The molecule has 2 atom stereocenters. The zero-order valence-electron chi connectivity index (χ0n) is 12.6. The molecule has 0 radical (unpaired) electrons. The SMILES string of the molecule is CCn1cc(CN[C@@H]2c3cccc(F)c3CC[C@H]2C)cn1.